The van der Waals surface area contributed by atoms with Gasteiger partial charge in [-0.25, -0.2) is 9.97 Å². The minimum absolute atomic E-state index is 0.224. The molecule has 3 aromatic rings. The van der Waals surface area contributed by atoms with Crippen LogP contribution in [0.5, 0.6) is 11.8 Å². The van der Waals surface area contributed by atoms with Gasteiger partial charge in [0.2, 0.25) is 0 Å². The van der Waals surface area contributed by atoms with E-state index in [1.54, 1.807) is 12.1 Å². The number of hydrogen-bond acceptors (Lipinski definition) is 6. The first-order valence-electron chi connectivity index (χ1n) is 5.99. The van der Waals surface area contributed by atoms with Gasteiger partial charge in [0.1, 0.15) is 17.1 Å². The minimum Gasteiger partial charge on any atom is -0.508 e. The maximum atomic E-state index is 9.26. The van der Waals surface area contributed by atoms with Crippen molar-refractivity contribution < 1.29 is 9.84 Å². The lowest BCUT2D eigenvalue weighted by atomic mass is 10.1. The second-order valence-corrected chi connectivity index (χ2v) is 4.31. The number of phenols is 1. The summed E-state index contributed by atoms with van der Waals surface area (Å²) in [6, 6.07) is 7.21. The van der Waals surface area contributed by atoms with Crippen molar-refractivity contribution in [2.75, 3.05) is 12.8 Å². The Morgan fingerprint density at radius 1 is 1.20 bits per heavy atom. The minimum atomic E-state index is 0.224. The van der Waals surface area contributed by atoms with Gasteiger partial charge in [0.25, 0.3) is 6.01 Å². The van der Waals surface area contributed by atoms with Crippen LogP contribution in [0.1, 0.15) is 11.4 Å². The average Bonchev–Trinajstić information content (AvgIpc) is 2.85. The van der Waals surface area contributed by atoms with Crippen LogP contribution in [0.15, 0.2) is 24.3 Å². The highest BCUT2D eigenvalue weighted by atomic mass is 16.5. The number of anilines is 1. The molecule has 7 nitrogen and oxygen atoms in total. The van der Waals surface area contributed by atoms with E-state index in [0.717, 1.165) is 5.56 Å². The molecule has 0 amide bonds. The molecule has 7 heteroatoms. The van der Waals surface area contributed by atoms with Crippen LogP contribution < -0.4 is 10.5 Å². The summed E-state index contributed by atoms with van der Waals surface area (Å²) in [5, 5.41) is 9.26. The van der Waals surface area contributed by atoms with Gasteiger partial charge in [-0.3, -0.25) is 0 Å². The highest BCUT2D eigenvalue weighted by Crippen LogP contribution is 2.20. The molecule has 0 aliphatic rings. The van der Waals surface area contributed by atoms with Crippen LogP contribution in [0.3, 0.4) is 0 Å². The van der Waals surface area contributed by atoms with E-state index in [0.29, 0.717) is 35.2 Å². The third kappa shape index (κ3) is 2.20. The molecule has 0 radical (unpaired) electrons. The van der Waals surface area contributed by atoms with Crippen LogP contribution in [-0.4, -0.2) is 32.2 Å². The molecule has 3 rings (SSSR count). The molecule has 0 atom stereocenters. The van der Waals surface area contributed by atoms with Crippen molar-refractivity contribution in [3.63, 3.8) is 0 Å². The van der Waals surface area contributed by atoms with Gasteiger partial charge in [-0.2, -0.15) is 4.98 Å². The summed E-state index contributed by atoms with van der Waals surface area (Å²) in [6.07, 6.45) is 0.510. The fourth-order valence-electron chi connectivity index (χ4n) is 1.92. The summed E-state index contributed by atoms with van der Waals surface area (Å²) >= 11 is 0. The fourth-order valence-corrected chi connectivity index (χ4v) is 1.92. The summed E-state index contributed by atoms with van der Waals surface area (Å²) in [4.78, 5) is 15.6. The van der Waals surface area contributed by atoms with E-state index in [-0.39, 0.29) is 5.75 Å². The molecular formula is C13H13N5O2. The summed E-state index contributed by atoms with van der Waals surface area (Å²) in [5.74, 6) is 1.12. The standard InChI is InChI=1S/C13H13N5O2/c1-20-13-17-10-11(14)15-9(16-12(10)18-13)6-7-2-4-8(19)5-3-7/h2-5,19H,6H2,1H3,(H3,14,15,16,17,18). The number of nitrogens with zero attached hydrogens (tertiary/aromatic N) is 3. The number of nitrogens with one attached hydrogen (secondary N) is 1. The van der Waals surface area contributed by atoms with Crippen LogP contribution in [0.4, 0.5) is 5.82 Å². The predicted octanol–water partition coefficient (Wildman–Crippen LogP) is 1.24. The Morgan fingerprint density at radius 2 is 1.95 bits per heavy atom. The molecule has 0 fully saturated rings. The second-order valence-electron chi connectivity index (χ2n) is 4.31. The van der Waals surface area contributed by atoms with Gasteiger partial charge in [-0.1, -0.05) is 12.1 Å². The van der Waals surface area contributed by atoms with Gasteiger partial charge in [0.05, 0.1) is 7.11 Å². The van der Waals surface area contributed by atoms with Crippen LogP contribution in [0.25, 0.3) is 11.2 Å². The second kappa shape index (κ2) is 4.69. The lowest BCUT2D eigenvalue weighted by Gasteiger charge is -2.02. The summed E-state index contributed by atoms with van der Waals surface area (Å²) in [5.41, 5.74) is 7.90. The summed E-state index contributed by atoms with van der Waals surface area (Å²) in [7, 11) is 1.51. The van der Waals surface area contributed by atoms with Crippen molar-refractivity contribution in [3.05, 3.63) is 35.7 Å². The van der Waals surface area contributed by atoms with Crippen molar-refractivity contribution in [1.29, 1.82) is 0 Å². The molecule has 1 aromatic carbocycles. The number of aromatic nitrogens is 4. The Kier molecular flexibility index (Phi) is 2.86. The zero-order valence-electron chi connectivity index (χ0n) is 10.8. The number of fused-ring (bicyclic) bond motifs is 1. The number of rotatable bonds is 3. The van der Waals surface area contributed by atoms with Gasteiger partial charge in [-0.15, -0.1) is 0 Å². The van der Waals surface area contributed by atoms with Gasteiger partial charge < -0.3 is 20.6 Å². The lowest BCUT2D eigenvalue weighted by Crippen LogP contribution is -2.01. The molecule has 2 heterocycles. The molecule has 0 unspecified atom stereocenters. The number of methoxy groups -OCH3 is 1. The quantitative estimate of drug-likeness (QED) is 0.661. The van der Waals surface area contributed by atoms with Crippen LogP contribution in [-0.2, 0) is 6.42 Å². The monoisotopic (exact) mass is 271 g/mol. The van der Waals surface area contributed by atoms with E-state index in [2.05, 4.69) is 19.9 Å². The van der Waals surface area contributed by atoms with E-state index in [1.807, 2.05) is 12.1 Å². The first-order chi connectivity index (χ1) is 9.65. The molecule has 0 bridgehead atoms. The first-order valence-corrected chi connectivity index (χ1v) is 5.99. The van der Waals surface area contributed by atoms with E-state index in [1.165, 1.54) is 7.11 Å². The smallest absolute Gasteiger partial charge is 0.295 e. The number of aromatic amines is 1. The number of aromatic hydroxyl groups is 1. The average molecular weight is 271 g/mol. The molecule has 0 aliphatic carbocycles. The SMILES string of the molecule is COc1nc2nc(Cc3ccc(O)cc3)nc(N)c2[nH]1. The highest BCUT2D eigenvalue weighted by Gasteiger charge is 2.11. The van der Waals surface area contributed by atoms with Crippen molar-refractivity contribution >= 4 is 17.0 Å². The van der Waals surface area contributed by atoms with Crippen molar-refractivity contribution in [2.24, 2.45) is 0 Å². The number of imidazole rings is 1. The van der Waals surface area contributed by atoms with Gasteiger partial charge >= 0.3 is 0 Å². The summed E-state index contributed by atoms with van der Waals surface area (Å²) < 4.78 is 5.01. The van der Waals surface area contributed by atoms with E-state index in [9.17, 15) is 5.11 Å². The molecule has 0 saturated carbocycles. The third-order valence-corrected chi connectivity index (χ3v) is 2.90. The number of benzene rings is 1. The number of hydrogen-bond donors (Lipinski definition) is 3. The Balaban J connectivity index is 1.97. The van der Waals surface area contributed by atoms with Gasteiger partial charge in [0.15, 0.2) is 11.5 Å². The van der Waals surface area contributed by atoms with E-state index < -0.39 is 0 Å². The molecular weight excluding hydrogens is 258 g/mol. The fraction of sp³-hybridized carbons (Fsp3) is 0.154. The maximum absolute atomic E-state index is 9.26. The Hall–Kier alpha value is -2.83. The Morgan fingerprint density at radius 3 is 2.65 bits per heavy atom. The Bertz CT molecular complexity index is 751. The Labute approximate surface area is 114 Å². The van der Waals surface area contributed by atoms with Gasteiger partial charge in [0, 0.05) is 6.42 Å². The first kappa shape index (κ1) is 12.2. The molecule has 4 N–H and O–H groups in total. The molecule has 0 spiro atoms. The third-order valence-electron chi connectivity index (χ3n) is 2.90. The van der Waals surface area contributed by atoms with Gasteiger partial charge in [-0.05, 0) is 17.7 Å². The van der Waals surface area contributed by atoms with Crippen molar-refractivity contribution in [3.8, 4) is 11.8 Å². The molecule has 20 heavy (non-hydrogen) atoms. The molecule has 0 aliphatic heterocycles. The van der Waals surface area contributed by atoms with Crippen LogP contribution in [0.2, 0.25) is 0 Å². The zero-order chi connectivity index (χ0) is 14.1. The molecule has 102 valence electrons. The van der Waals surface area contributed by atoms with Crippen molar-refractivity contribution in [1.82, 2.24) is 19.9 Å². The topological polar surface area (TPSA) is 110 Å². The number of phenolic OH excluding ortho intramolecular Hbond substituents is 1. The largest absolute Gasteiger partial charge is 0.508 e. The number of H-pyrrole nitrogens is 1. The zero-order valence-corrected chi connectivity index (χ0v) is 10.8. The molecule has 0 saturated heterocycles. The van der Waals surface area contributed by atoms with E-state index in [4.69, 9.17) is 10.5 Å². The number of nitrogens with two attached hydrogens (primary N) is 1. The van der Waals surface area contributed by atoms with E-state index >= 15 is 0 Å². The van der Waals surface area contributed by atoms with Crippen LogP contribution in [0, 0.1) is 0 Å². The maximum Gasteiger partial charge on any atom is 0.295 e. The summed E-state index contributed by atoms with van der Waals surface area (Å²) in [6.45, 7) is 0. The predicted molar refractivity (Wildman–Crippen MR) is 73.6 cm³/mol. The normalized spacial score (nSPS) is 10.8. The van der Waals surface area contributed by atoms with Crippen LogP contribution >= 0.6 is 0 Å². The number of nitrogen functional groups attached to an aromatic ring is 1. The lowest BCUT2D eigenvalue weighted by molar-refractivity contribution is 0.386. The highest BCUT2D eigenvalue weighted by molar-refractivity contribution is 5.82. The number of ether oxygens (including phenoxy) is 1. The van der Waals surface area contributed by atoms with Crippen molar-refractivity contribution in [2.45, 2.75) is 6.42 Å². The molecule has 2 aromatic heterocycles.